The number of rotatable bonds is 3. The highest BCUT2D eigenvalue weighted by Gasteiger charge is 2.08. The van der Waals surface area contributed by atoms with Crippen molar-refractivity contribution in [2.75, 3.05) is 0 Å². The van der Waals surface area contributed by atoms with Crippen LogP contribution in [0.15, 0.2) is 52.7 Å². The molecule has 3 rings (SSSR count). The second kappa shape index (κ2) is 6.01. The first kappa shape index (κ1) is 14.9. The van der Waals surface area contributed by atoms with Gasteiger partial charge in [0.15, 0.2) is 0 Å². The smallest absolute Gasteiger partial charge is 0.270 e. The predicted octanol–water partition coefficient (Wildman–Crippen LogP) is 2.79. The van der Waals surface area contributed by atoms with Crippen molar-refractivity contribution < 1.29 is 10.0 Å². The van der Waals surface area contributed by atoms with Crippen LogP contribution in [-0.2, 0) is 7.05 Å². The van der Waals surface area contributed by atoms with E-state index in [-0.39, 0.29) is 17.0 Å². The van der Waals surface area contributed by atoms with Gasteiger partial charge in [0.25, 0.3) is 5.69 Å². The first-order chi connectivity index (χ1) is 11.1. The number of hydrogen-bond donors (Lipinski definition) is 1. The van der Waals surface area contributed by atoms with E-state index in [0.29, 0.717) is 4.80 Å². The minimum absolute atomic E-state index is 0.0877. The van der Waals surface area contributed by atoms with Gasteiger partial charge in [-0.15, -0.1) is 5.10 Å². The second-order valence-electron chi connectivity index (χ2n) is 4.76. The zero-order valence-electron chi connectivity index (χ0n) is 12.1. The molecule has 0 aliphatic carbocycles. The van der Waals surface area contributed by atoms with Crippen LogP contribution in [-0.4, -0.2) is 20.8 Å². The van der Waals surface area contributed by atoms with Gasteiger partial charge in [0.2, 0.25) is 4.80 Å². The van der Waals surface area contributed by atoms with Gasteiger partial charge in [-0.3, -0.25) is 10.1 Å². The van der Waals surface area contributed by atoms with Crippen LogP contribution in [0, 0.1) is 10.1 Å². The number of benzene rings is 2. The maximum Gasteiger partial charge on any atom is 0.270 e. The van der Waals surface area contributed by atoms with Gasteiger partial charge in [-0.25, -0.2) is 0 Å². The third kappa shape index (κ3) is 2.97. The Morgan fingerprint density at radius 2 is 2.09 bits per heavy atom. The van der Waals surface area contributed by atoms with Crippen LogP contribution in [0.4, 0.5) is 5.69 Å². The van der Waals surface area contributed by atoms with Gasteiger partial charge in [0.05, 0.1) is 21.4 Å². The van der Waals surface area contributed by atoms with E-state index in [4.69, 9.17) is 0 Å². The lowest BCUT2D eigenvalue weighted by molar-refractivity contribution is -0.384. The van der Waals surface area contributed by atoms with E-state index in [1.54, 1.807) is 0 Å². The Hall–Kier alpha value is -3.00. The maximum absolute atomic E-state index is 10.8. The zero-order valence-corrected chi connectivity index (χ0v) is 12.9. The van der Waals surface area contributed by atoms with Crippen LogP contribution in [0.25, 0.3) is 10.2 Å². The fourth-order valence-corrected chi connectivity index (χ4v) is 3.05. The summed E-state index contributed by atoms with van der Waals surface area (Å²) in [5.74, 6) is -0.0877. The fourth-order valence-electron chi connectivity index (χ4n) is 2.08. The van der Waals surface area contributed by atoms with Gasteiger partial charge >= 0.3 is 0 Å². The highest BCUT2D eigenvalue weighted by atomic mass is 32.1. The predicted molar refractivity (Wildman–Crippen MR) is 88.7 cm³/mol. The molecular formula is C15H12N4O3S. The van der Waals surface area contributed by atoms with Crippen molar-refractivity contribution in [1.82, 2.24) is 4.57 Å². The van der Waals surface area contributed by atoms with Gasteiger partial charge < -0.3 is 9.67 Å². The number of phenolic OH excluding ortho intramolecular Hbond substituents is 1. The topological polar surface area (TPSA) is 93.0 Å². The second-order valence-corrected chi connectivity index (χ2v) is 5.77. The van der Waals surface area contributed by atoms with Crippen LogP contribution in [0.3, 0.4) is 0 Å². The normalized spacial score (nSPS) is 12.3. The minimum atomic E-state index is -0.528. The number of aryl methyl sites for hydroxylation is 1. The molecule has 0 amide bonds. The van der Waals surface area contributed by atoms with E-state index < -0.39 is 4.92 Å². The Morgan fingerprint density at radius 3 is 2.83 bits per heavy atom. The number of para-hydroxylation sites is 1. The lowest BCUT2D eigenvalue weighted by atomic mass is 10.2. The third-order valence-electron chi connectivity index (χ3n) is 3.28. The molecule has 0 bridgehead atoms. The van der Waals surface area contributed by atoms with E-state index in [2.05, 4.69) is 10.2 Å². The molecule has 0 radical (unpaired) electrons. The SMILES string of the molecule is Cn1/c(=N\N=C\c2cc([N+](=O)[O-])ccc2O)sc2ccccc21. The summed E-state index contributed by atoms with van der Waals surface area (Å²) in [7, 11) is 1.89. The van der Waals surface area contributed by atoms with Crippen molar-refractivity contribution in [1.29, 1.82) is 0 Å². The first-order valence-corrected chi connectivity index (χ1v) is 7.47. The summed E-state index contributed by atoms with van der Waals surface area (Å²) in [6.45, 7) is 0. The molecule has 1 aromatic heterocycles. The van der Waals surface area contributed by atoms with E-state index in [0.717, 1.165) is 10.2 Å². The number of phenols is 1. The Kier molecular flexibility index (Phi) is 3.90. The van der Waals surface area contributed by atoms with E-state index in [1.807, 2.05) is 35.9 Å². The molecule has 1 heterocycles. The van der Waals surface area contributed by atoms with Crippen LogP contribution in [0.2, 0.25) is 0 Å². The maximum atomic E-state index is 10.8. The number of nitrogens with zero attached hydrogens (tertiary/aromatic N) is 4. The van der Waals surface area contributed by atoms with Crippen LogP contribution in [0.5, 0.6) is 5.75 Å². The average molecular weight is 328 g/mol. The molecule has 1 N–H and O–H groups in total. The van der Waals surface area contributed by atoms with E-state index in [1.165, 1.54) is 35.8 Å². The molecule has 0 fully saturated rings. The third-order valence-corrected chi connectivity index (χ3v) is 4.38. The molecule has 0 saturated heterocycles. The summed E-state index contributed by atoms with van der Waals surface area (Å²) in [4.78, 5) is 10.9. The summed E-state index contributed by atoms with van der Waals surface area (Å²) in [5, 5.41) is 28.5. The molecule has 7 nitrogen and oxygen atoms in total. The Bertz CT molecular complexity index is 988. The Balaban J connectivity index is 1.98. The molecule has 0 atom stereocenters. The van der Waals surface area contributed by atoms with Crippen molar-refractivity contribution in [2.24, 2.45) is 17.3 Å². The van der Waals surface area contributed by atoms with Gasteiger partial charge in [0.1, 0.15) is 5.75 Å². The lowest BCUT2D eigenvalue weighted by Crippen LogP contribution is -2.08. The Labute approximate surface area is 134 Å². The van der Waals surface area contributed by atoms with Gasteiger partial charge in [-0.2, -0.15) is 5.10 Å². The molecule has 0 spiro atoms. The number of fused-ring (bicyclic) bond motifs is 1. The number of non-ortho nitro benzene ring substituents is 1. The highest BCUT2D eigenvalue weighted by Crippen LogP contribution is 2.21. The number of hydrogen-bond acceptors (Lipinski definition) is 6. The minimum Gasteiger partial charge on any atom is -0.507 e. The first-order valence-electron chi connectivity index (χ1n) is 6.65. The molecule has 8 heteroatoms. The number of aromatic hydroxyl groups is 1. The summed E-state index contributed by atoms with van der Waals surface area (Å²) < 4.78 is 2.99. The number of nitro groups is 1. The summed E-state index contributed by atoms with van der Waals surface area (Å²) in [6.07, 6.45) is 1.30. The summed E-state index contributed by atoms with van der Waals surface area (Å²) in [6, 6.07) is 11.6. The van der Waals surface area contributed by atoms with Crippen molar-refractivity contribution >= 4 is 33.5 Å². The monoisotopic (exact) mass is 328 g/mol. The fraction of sp³-hybridized carbons (Fsp3) is 0.0667. The van der Waals surface area contributed by atoms with Gasteiger partial charge in [-0.05, 0) is 18.2 Å². The van der Waals surface area contributed by atoms with Crippen LogP contribution in [0.1, 0.15) is 5.56 Å². The summed E-state index contributed by atoms with van der Waals surface area (Å²) >= 11 is 1.48. The molecular weight excluding hydrogens is 316 g/mol. The van der Waals surface area contributed by atoms with Crippen LogP contribution >= 0.6 is 11.3 Å². The average Bonchev–Trinajstić information content (AvgIpc) is 2.86. The van der Waals surface area contributed by atoms with Gasteiger partial charge in [-0.1, -0.05) is 23.5 Å². The number of nitro benzene ring substituents is 1. The highest BCUT2D eigenvalue weighted by molar-refractivity contribution is 7.16. The molecule has 3 aromatic rings. The number of aromatic nitrogens is 1. The summed E-state index contributed by atoms with van der Waals surface area (Å²) in [5.41, 5.74) is 1.17. The quantitative estimate of drug-likeness (QED) is 0.455. The van der Waals surface area contributed by atoms with E-state index >= 15 is 0 Å². The molecule has 0 unspecified atom stereocenters. The van der Waals surface area contributed by atoms with Crippen molar-refractivity contribution in [3.8, 4) is 5.75 Å². The number of thiazole rings is 1. The van der Waals surface area contributed by atoms with E-state index in [9.17, 15) is 15.2 Å². The van der Waals surface area contributed by atoms with Crippen molar-refractivity contribution in [2.45, 2.75) is 0 Å². The Morgan fingerprint density at radius 1 is 1.30 bits per heavy atom. The van der Waals surface area contributed by atoms with Crippen molar-refractivity contribution in [3.63, 3.8) is 0 Å². The molecule has 0 aliphatic rings. The van der Waals surface area contributed by atoms with Gasteiger partial charge in [0, 0.05) is 24.7 Å². The molecule has 0 saturated carbocycles. The lowest BCUT2D eigenvalue weighted by Gasteiger charge is -1.97. The largest absolute Gasteiger partial charge is 0.507 e. The molecule has 2 aromatic carbocycles. The molecule has 116 valence electrons. The van der Waals surface area contributed by atoms with Crippen LogP contribution < -0.4 is 4.80 Å². The molecule has 0 aliphatic heterocycles. The van der Waals surface area contributed by atoms with Crippen molar-refractivity contribution in [3.05, 3.63) is 62.9 Å². The molecule has 23 heavy (non-hydrogen) atoms. The standard InChI is InChI=1S/C15H12N4O3S/c1-18-12-4-2-3-5-14(12)23-15(18)17-16-9-10-8-11(19(21)22)6-7-13(10)20/h2-9,20H,1H3/b16-9+,17-15+. The zero-order chi connectivity index (χ0) is 16.4.